The first-order chi connectivity index (χ1) is 10.6. The van der Waals surface area contributed by atoms with E-state index >= 15 is 0 Å². The average Bonchev–Trinajstić information content (AvgIpc) is 2.84. The minimum atomic E-state index is 0.688. The summed E-state index contributed by atoms with van der Waals surface area (Å²) < 4.78 is 5.18. The van der Waals surface area contributed by atoms with Crippen LogP contribution in [0.4, 0.5) is 5.69 Å². The van der Waals surface area contributed by atoms with Gasteiger partial charge in [0.25, 0.3) is 0 Å². The Kier molecular flexibility index (Phi) is 3.87. The van der Waals surface area contributed by atoms with Crippen molar-refractivity contribution in [2.45, 2.75) is 27.3 Å². The van der Waals surface area contributed by atoms with Crippen molar-refractivity contribution < 1.29 is 4.52 Å². The van der Waals surface area contributed by atoms with E-state index in [1.165, 1.54) is 0 Å². The van der Waals surface area contributed by atoms with Crippen LogP contribution in [-0.2, 0) is 6.54 Å². The second kappa shape index (κ2) is 5.97. The maximum Gasteiger partial charge on any atom is 0.138 e. The summed E-state index contributed by atoms with van der Waals surface area (Å²) in [6.07, 6.45) is 1.78. The highest BCUT2D eigenvalue weighted by Crippen LogP contribution is 2.22. The summed E-state index contributed by atoms with van der Waals surface area (Å²) in [4.78, 5) is 8.59. The molecule has 0 saturated carbocycles. The third-order valence-corrected chi connectivity index (χ3v) is 3.58. The number of hydrogen-bond donors (Lipinski definition) is 1. The Bertz CT molecular complexity index is 775. The van der Waals surface area contributed by atoms with E-state index in [0.29, 0.717) is 6.54 Å². The smallest absolute Gasteiger partial charge is 0.138 e. The fourth-order valence-corrected chi connectivity index (χ4v) is 2.35. The molecule has 112 valence electrons. The van der Waals surface area contributed by atoms with Crippen molar-refractivity contribution in [1.82, 2.24) is 15.1 Å². The monoisotopic (exact) mass is 294 g/mol. The molecule has 0 saturated heterocycles. The average molecular weight is 294 g/mol. The van der Waals surface area contributed by atoms with E-state index in [2.05, 4.69) is 26.5 Å². The van der Waals surface area contributed by atoms with Gasteiger partial charge < -0.3 is 9.84 Å². The Morgan fingerprint density at radius 3 is 2.73 bits per heavy atom. The van der Waals surface area contributed by atoms with Crippen molar-refractivity contribution in [2.24, 2.45) is 0 Å². The third kappa shape index (κ3) is 2.98. The standard InChI is InChI=1S/C17H18N4O/c1-11-16(12(2)22-21-11)10-19-15-6-4-5-14(9-15)17-7-8-18-13(3)20-17/h4-9,19H,10H2,1-3H3. The zero-order valence-corrected chi connectivity index (χ0v) is 12.9. The zero-order valence-electron chi connectivity index (χ0n) is 12.9. The van der Waals surface area contributed by atoms with Gasteiger partial charge in [-0.2, -0.15) is 0 Å². The van der Waals surface area contributed by atoms with Crippen molar-refractivity contribution in [3.8, 4) is 11.3 Å². The van der Waals surface area contributed by atoms with E-state index in [4.69, 9.17) is 4.52 Å². The van der Waals surface area contributed by atoms with Gasteiger partial charge in [-0.25, -0.2) is 9.97 Å². The Morgan fingerprint density at radius 2 is 2.00 bits per heavy atom. The number of rotatable bonds is 4. The molecule has 5 heteroatoms. The Labute approximate surface area is 129 Å². The third-order valence-electron chi connectivity index (χ3n) is 3.58. The first-order valence-electron chi connectivity index (χ1n) is 7.19. The molecule has 2 heterocycles. The Balaban J connectivity index is 1.80. The highest BCUT2D eigenvalue weighted by molar-refractivity contribution is 5.64. The zero-order chi connectivity index (χ0) is 15.5. The van der Waals surface area contributed by atoms with Gasteiger partial charge >= 0.3 is 0 Å². The normalized spacial score (nSPS) is 10.7. The molecular weight excluding hydrogens is 276 g/mol. The molecule has 0 aliphatic heterocycles. The van der Waals surface area contributed by atoms with E-state index in [-0.39, 0.29) is 0 Å². The number of nitrogens with one attached hydrogen (secondary N) is 1. The molecule has 0 aliphatic carbocycles. The molecule has 0 radical (unpaired) electrons. The molecule has 0 amide bonds. The second-order valence-electron chi connectivity index (χ2n) is 5.23. The van der Waals surface area contributed by atoms with Gasteiger partial charge in [-0.15, -0.1) is 0 Å². The summed E-state index contributed by atoms with van der Waals surface area (Å²) in [5.74, 6) is 1.62. The van der Waals surface area contributed by atoms with Crippen LogP contribution in [0, 0.1) is 20.8 Å². The van der Waals surface area contributed by atoms with E-state index in [1.54, 1.807) is 6.20 Å². The maximum atomic E-state index is 5.18. The van der Waals surface area contributed by atoms with Crippen LogP contribution in [0.5, 0.6) is 0 Å². The summed E-state index contributed by atoms with van der Waals surface area (Å²) in [6.45, 7) is 6.46. The largest absolute Gasteiger partial charge is 0.381 e. The molecule has 0 aliphatic rings. The summed E-state index contributed by atoms with van der Waals surface area (Å²) >= 11 is 0. The molecule has 3 aromatic rings. The van der Waals surface area contributed by atoms with Crippen LogP contribution >= 0.6 is 0 Å². The number of benzene rings is 1. The SMILES string of the molecule is Cc1nccc(-c2cccc(NCc3c(C)noc3C)c2)n1. The van der Waals surface area contributed by atoms with Crippen LogP contribution < -0.4 is 5.32 Å². The minimum absolute atomic E-state index is 0.688. The lowest BCUT2D eigenvalue weighted by atomic mass is 10.1. The van der Waals surface area contributed by atoms with Gasteiger partial charge in [0.2, 0.25) is 0 Å². The number of hydrogen-bond acceptors (Lipinski definition) is 5. The second-order valence-corrected chi connectivity index (χ2v) is 5.23. The van der Waals surface area contributed by atoms with Gasteiger partial charge in [0.1, 0.15) is 11.6 Å². The lowest BCUT2D eigenvalue weighted by Crippen LogP contribution is -2.01. The summed E-state index contributed by atoms with van der Waals surface area (Å²) in [5, 5.41) is 7.38. The molecule has 1 aromatic carbocycles. The fraction of sp³-hybridized carbons (Fsp3) is 0.235. The number of anilines is 1. The molecule has 0 spiro atoms. The van der Waals surface area contributed by atoms with Crippen molar-refractivity contribution in [2.75, 3.05) is 5.32 Å². The fourth-order valence-electron chi connectivity index (χ4n) is 2.35. The van der Waals surface area contributed by atoms with Crippen molar-refractivity contribution in [1.29, 1.82) is 0 Å². The van der Waals surface area contributed by atoms with E-state index in [0.717, 1.165) is 39.8 Å². The number of aromatic nitrogens is 3. The maximum absolute atomic E-state index is 5.18. The molecule has 1 N–H and O–H groups in total. The van der Waals surface area contributed by atoms with Gasteiger partial charge in [0.05, 0.1) is 11.4 Å². The van der Waals surface area contributed by atoms with E-state index < -0.39 is 0 Å². The highest BCUT2D eigenvalue weighted by Gasteiger charge is 2.08. The Morgan fingerprint density at radius 1 is 1.14 bits per heavy atom. The summed E-state index contributed by atoms with van der Waals surface area (Å²) in [7, 11) is 0. The van der Waals surface area contributed by atoms with Crippen LogP contribution in [0.25, 0.3) is 11.3 Å². The predicted octanol–water partition coefficient (Wildman–Crippen LogP) is 3.67. The quantitative estimate of drug-likeness (QED) is 0.795. The van der Waals surface area contributed by atoms with E-state index in [1.807, 2.05) is 45.0 Å². The molecule has 5 nitrogen and oxygen atoms in total. The molecule has 3 rings (SSSR count). The van der Waals surface area contributed by atoms with Gasteiger partial charge in [-0.3, -0.25) is 0 Å². The van der Waals surface area contributed by atoms with Gasteiger partial charge in [0, 0.05) is 29.6 Å². The van der Waals surface area contributed by atoms with Crippen LogP contribution in [-0.4, -0.2) is 15.1 Å². The molecular formula is C17H18N4O. The van der Waals surface area contributed by atoms with Crippen molar-refractivity contribution >= 4 is 5.69 Å². The van der Waals surface area contributed by atoms with Gasteiger partial charge in [0.15, 0.2) is 0 Å². The minimum Gasteiger partial charge on any atom is -0.381 e. The lowest BCUT2D eigenvalue weighted by Gasteiger charge is -2.08. The summed E-state index contributed by atoms with van der Waals surface area (Å²) in [6, 6.07) is 10.1. The van der Waals surface area contributed by atoms with Gasteiger partial charge in [-0.1, -0.05) is 17.3 Å². The number of nitrogens with zero attached hydrogens (tertiary/aromatic N) is 3. The Hall–Kier alpha value is -2.69. The van der Waals surface area contributed by atoms with Crippen LogP contribution in [0.3, 0.4) is 0 Å². The van der Waals surface area contributed by atoms with Crippen molar-refractivity contribution in [3.63, 3.8) is 0 Å². The predicted molar refractivity (Wildman–Crippen MR) is 85.5 cm³/mol. The highest BCUT2D eigenvalue weighted by atomic mass is 16.5. The lowest BCUT2D eigenvalue weighted by molar-refractivity contribution is 0.392. The summed E-state index contributed by atoms with van der Waals surface area (Å²) in [5.41, 5.74) is 5.05. The topological polar surface area (TPSA) is 63.8 Å². The van der Waals surface area contributed by atoms with Crippen molar-refractivity contribution in [3.05, 3.63) is 59.4 Å². The molecule has 0 unspecified atom stereocenters. The molecule has 0 atom stereocenters. The van der Waals surface area contributed by atoms with Crippen LogP contribution in [0.15, 0.2) is 41.1 Å². The first-order valence-corrected chi connectivity index (χ1v) is 7.19. The molecule has 2 aromatic heterocycles. The number of aryl methyl sites for hydroxylation is 3. The van der Waals surface area contributed by atoms with Crippen LogP contribution in [0.2, 0.25) is 0 Å². The first kappa shape index (κ1) is 14.3. The molecule has 0 bridgehead atoms. The molecule has 22 heavy (non-hydrogen) atoms. The van der Waals surface area contributed by atoms with E-state index in [9.17, 15) is 0 Å². The van der Waals surface area contributed by atoms with Crippen LogP contribution in [0.1, 0.15) is 22.8 Å². The van der Waals surface area contributed by atoms with Gasteiger partial charge in [-0.05, 0) is 39.0 Å². The molecule has 0 fully saturated rings.